The molecule has 1 aromatic rings. The minimum absolute atomic E-state index is 0.332. The second-order valence-electron chi connectivity index (χ2n) is 3.95. The van der Waals surface area contributed by atoms with E-state index in [9.17, 15) is 4.79 Å². The molecule has 0 spiro atoms. The van der Waals surface area contributed by atoms with Crippen LogP contribution >= 0.6 is 15.9 Å². The van der Waals surface area contributed by atoms with Crippen molar-refractivity contribution >= 4 is 21.9 Å². The van der Waals surface area contributed by atoms with Gasteiger partial charge in [-0.3, -0.25) is 0 Å². The number of ether oxygens (including phenoxy) is 2. The minimum atomic E-state index is -0.382. The number of hydrogen-bond donors (Lipinski definition) is 0. The summed E-state index contributed by atoms with van der Waals surface area (Å²) in [5, 5.41) is 0. The molecule has 5 heteroatoms. The minimum Gasteiger partial charge on any atom is -0.464 e. The van der Waals surface area contributed by atoms with E-state index in [-0.39, 0.29) is 5.97 Å². The average Bonchev–Trinajstić information content (AvgIpc) is 2.38. The number of aromatic nitrogens is 1. The Hall–Kier alpha value is -0.940. The Balaban J connectivity index is 2.34. The Bertz CT molecular complexity index is 416. The smallest absolute Gasteiger partial charge is 0.356 e. The lowest BCUT2D eigenvalue weighted by molar-refractivity contribution is 0.0585. The Morgan fingerprint density at radius 3 is 2.82 bits per heavy atom. The number of methoxy groups -OCH3 is 1. The largest absolute Gasteiger partial charge is 0.464 e. The number of rotatable bonds is 2. The van der Waals surface area contributed by atoms with Crippen LogP contribution in [0.25, 0.3) is 0 Å². The third kappa shape index (κ3) is 2.84. The monoisotopic (exact) mass is 299 g/mol. The fraction of sp³-hybridized carbons (Fsp3) is 0.500. The topological polar surface area (TPSA) is 48.4 Å². The molecule has 17 heavy (non-hydrogen) atoms. The lowest BCUT2D eigenvalue weighted by atomic mass is 9.90. The van der Waals surface area contributed by atoms with Crippen molar-refractivity contribution in [2.75, 3.05) is 20.3 Å². The highest BCUT2D eigenvalue weighted by atomic mass is 79.9. The summed E-state index contributed by atoms with van der Waals surface area (Å²) in [6, 6.07) is 3.80. The molecule has 0 unspecified atom stereocenters. The van der Waals surface area contributed by atoms with E-state index in [1.54, 1.807) is 0 Å². The summed E-state index contributed by atoms with van der Waals surface area (Å²) in [7, 11) is 1.37. The van der Waals surface area contributed by atoms with Crippen molar-refractivity contribution in [3.05, 3.63) is 28.0 Å². The van der Waals surface area contributed by atoms with Crippen LogP contribution in [-0.2, 0) is 9.47 Å². The maximum Gasteiger partial charge on any atom is 0.356 e. The van der Waals surface area contributed by atoms with Crippen molar-refractivity contribution in [3.63, 3.8) is 0 Å². The van der Waals surface area contributed by atoms with Gasteiger partial charge in [0, 0.05) is 13.2 Å². The zero-order chi connectivity index (χ0) is 12.3. The van der Waals surface area contributed by atoms with Gasteiger partial charge in [-0.05, 0) is 46.3 Å². The Morgan fingerprint density at radius 1 is 1.47 bits per heavy atom. The van der Waals surface area contributed by atoms with Crippen LogP contribution in [0, 0.1) is 0 Å². The van der Waals surface area contributed by atoms with Crippen LogP contribution in [0.2, 0.25) is 0 Å². The number of pyridine rings is 1. The van der Waals surface area contributed by atoms with Gasteiger partial charge in [-0.25, -0.2) is 9.78 Å². The molecule has 2 heterocycles. The number of carbonyl (C=O) groups is 1. The van der Waals surface area contributed by atoms with Crippen molar-refractivity contribution in [2.24, 2.45) is 0 Å². The van der Waals surface area contributed by atoms with Gasteiger partial charge in [-0.1, -0.05) is 6.07 Å². The molecular formula is C12H14BrNO3. The van der Waals surface area contributed by atoms with E-state index in [1.165, 1.54) is 7.11 Å². The highest BCUT2D eigenvalue weighted by Crippen LogP contribution is 2.29. The Kier molecular flexibility index (Phi) is 4.12. The van der Waals surface area contributed by atoms with E-state index in [0.717, 1.165) is 31.6 Å². The van der Waals surface area contributed by atoms with Gasteiger partial charge in [0.2, 0.25) is 0 Å². The normalized spacial score (nSPS) is 16.8. The van der Waals surface area contributed by atoms with Crippen LogP contribution < -0.4 is 0 Å². The maximum absolute atomic E-state index is 11.7. The Labute approximate surface area is 108 Å². The van der Waals surface area contributed by atoms with Crippen molar-refractivity contribution in [1.82, 2.24) is 4.98 Å². The molecule has 4 nitrogen and oxygen atoms in total. The summed E-state index contributed by atoms with van der Waals surface area (Å²) in [5.74, 6) is -0.0498. The van der Waals surface area contributed by atoms with Gasteiger partial charge in [0.1, 0.15) is 4.60 Å². The summed E-state index contributed by atoms with van der Waals surface area (Å²) < 4.78 is 10.7. The Morgan fingerprint density at radius 2 is 2.18 bits per heavy atom. The number of hydrogen-bond acceptors (Lipinski definition) is 4. The molecule has 0 radical (unpaired) electrons. The maximum atomic E-state index is 11.7. The molecule has 0 amide bonds. The summed E-state index contributed by atoms with van der Waals surface area (Å²) in [6.07, 6.45) is 1.85. The summed E-state index contributed by atoms with van der Waals surface area (Å²) in [6.45, 7) is 1.47. The van der Waals surface area contributed by atoms with Gasteiger partial charge in [0.05, 0.1) is 7.11 Å². The molecule has 0 atom stereocenters. The molecule has 0 saturated carbocycles. The van der Waals surface area contributed by atoms with Gasteiger partial charge in [0.15, 0.2) is 5.69 Å². The zero-order valence-electron chi connectivity index (χ0n) is 9.61. The van der Waals surface area contributed by atoms with Gasteiger partial charge < -0.3 is 9.47 Å². The fourth-order valence-electron chi connectivity index (χ4n) is 2.04. The molecule has 1 aliphatic heterocycles. The SMILES string of the molecule is COC(=O)c1nc(Br)ccc1C1CCOCC1. The predicted molar refractivity (Wildman–Crippen MR) is 66.1 cm³/mol. The van der Waals surface area contributed by atoms with Crippen molar-refractivity contribution in [3.8, 4) is 0 Å². The van der Waals surface area contributed by atoms with E-state index >= 15 is 0 Å². The second-order valence-corrected chi connectivity index (χ2v) is 4.76. The lowest BCUT2D eigenvalue weighted by Gasteiger charge is -2.23. The molecule has 2 rings (SSSR count). The van der Waals surface area contributed by atoms with Gasteiger partial charge in [0.25, 0.3) is 0 Å². The molecule has 0 N–H and O–H groups in total. The second kappa shape index (κ2) is 5.60. The summed E-state index contributed by atoms with van der Waals surface area (Å²) >= 11 is 3.27. The van der Waals surface area contributed by atoms with E-state index in [2.05, 4.69) is 20.9 Å². The van der Waals surface area contributed by atoms with Crippen molar-refractivity contribution in [1.29, 1.82) is 0 Å². The molecule has 92 valence electrons. The third-order valence-electron chi connectivity index (χ3n) is 2.93. The fourth-order valence-corrected chi connectivity index (χ4v) is 2.35. The summed E-state index contributed by atoms with van der Waals surface area (Å²) in [4.78, 5) is 15.9. The molecule has 1 saturated heterocycles. The van der Waals surface area contributed by atoms with Crippen LogP contribution in [0.15, 0.2) is 16.7 Å². The number of nitrogens with zero attached hydrogens (tertiary/aromatic N) is 1. The van der Waals surface area contributed by atoms with Gasteiger partial charge in [-0.2, -0.15) is 0 Å². The molecule has 1 fully saturated rings. The van der Waals surface area contributed by atoms with Crippen molar-refractivity contribution in [2.45, 2.75) is 18.8 Å². The molecule has 0 aliphatic carbocycles. The highest BCUT2D eigenvalue weighted by molar-refractivity contribution is 9.10. The molecule has 0 aromatic carbocycles. The quantitative estimate of drug-likeness (QED) is 0.622. The lowest BCUT2D eigenvalue weighted by Crippen LogP contribution is -2.18. The summed E-state index contributed by atoms with van der Waals surface area (Å²) in [5.41, 5.74) is 1.37. The van der Waals surface area contributed by atoms with E-state index in [4.69, 9.17) is 9.47 Å². The van der Waals surface area contributed by atoms with Crippen LogP contribution in [0.4, 0.5) is 0 Å². The molecule has 1 aromatic heterocycles. The van der Waals surface area contributed by atoms with Crippen LogP contribution in [0.5, 0.6) is 0 Å². The predicted octanol–water partition coefficient (Wildman–Crippen LogP) is 2.52. The zero-order valence-corrected chi connectivity index (χ0v) is 11.2. The first-order valence-corrected chi connectivity index (χ1v) is 6.34. The first-order valence-electron chi connectivity index (χ1n) is 5.55. The average molecular weight is 300 g/mol. The third-order valence-corrected chi connectivity index (χ3v) is 3.37. The van der Waals surface area contributed by atoms with E-state index in [1.807, 2.05) is 12.1 Å². The highest BCUT2D eigenvalue weighted by Gasteiger charge is 2.23. The number of esters is 1. The first kappa shape index (κ1) is 12.5. The van der Waals surface area contributed by atoms with Gasteiger partial charge in [-0.15, -0.1) is 0 Å². The van der Waals surface area contributed by atoms with Crippen LogP contribution in [-0.4, -0.2) is 31.3 Å². The molecular weight excluding hydrogens is 286 g/mol. The molecule has 1 aliphatic rings. The van der Waals surface area contributed by atoms with Crippen molar-refractivity contribution < 1.29 is 14.3 Å². The standard InChI is InChI=1S/C12H14BrNO3/c1-16-12(15)11-9(2-3-10(13)14-11)8-4-6-17-7-5-8/h2-3,8H,4-7H2,1H3. The number of carbonyl (C=O) groups excluding carboxylic acids is 1. The van der Waals surface area contributed by atoms with Gasteiger partial charge >= 0.3 is 5.97 Å². The van der Waals surface area contributed by atoms with Crippen LogP contribution in [0.3, 0.4) is 0 Å². The van der Waals surface area contributed by atoms with E-state index in [0.29, 0.717) is 16.2 Å². The van der Waals surface area contributed by atoms with Crippen LogP contribution in [0.1, 0.15) is 34.8 Å². The molecule has 0 bridgehead atoms. The van der Waals surface area contributed by atoms with E-state index < -0.39 is 0 Å². The number of halogens is 1. The first-order chi connectivity index (χ1) is 8.22.